The quantitative estimate of drug-likeness (QED) is 0.0379. The number of benzene rings is 3. The standard InChI is InChI=1S/C32H32O10/c1-3-30(33)38-21-5-19-36-25-9-7-24(8-10-25)32(35)42-29-17-15-28(16-18-29)41-23-40-27-13-11-26(12-14-27)37-20-6-22-39-31(34)4-2/h3,7-18,34H,1-2,5-6,19-23H2. The number of carbonyl (C=O) groups excluding carboxylic acids is 2. The van der Waals surface area contributed by atoms with E-state index in [9.17, 15) is 9.59 Å². The molecule has 0 bridgehead atoms. The fourth-order valence-corrected chi connectivity index (χ4v) is 3.20. The van der Waals surface area contributed by atoms with Crippen LogP contribution in [-0.2, 0) is 14.3 Å². The van der Waals surface area contributed by atoms with E-state index in [1.807, 2.05) is 0 Å². The molecule has 0 heterocycles. The Kier molecular flexibility index (Phi) is 12.9. The third kappa shape index (κ3) is 11.4. The molecule has 3 rings (SSSR count). The van der Waals surface area contributed by atoms with E-state index in [-0.39, 0.29) is 19.3 Å². The van der Waals surface area contributed by atoms with Crippen LogP contribution in [0.3, 0.4) is 0 Å². The summed E-state index contributed by atoms with van der Waals surface area (Å²) in [5.74, 6) is 1.43. The second-order valence-corrected chi connectivity index (χ2v) is 8.37. The summed E-state index contributed by atoms with van der Waals surface area (Å²) in [5, 5.41) is 9.11. The van der Waals surface area contributed by atoms with Gasteiger partial charge in [-0.25, -0.2) is 9.59 Å². The lowest BCUT2D eigenvalue weighted by Gasteiger charge is -2.11. The van der Waals surface area contributed by atoms with Crippen LogP contribution in [0.25, 0.3) is 0 Å². The molecule has 0 aromatic heterocycles. The molecule has 0 fully saturated rings. The van der Waals surface area contributed by atoms with E-state index in [1.165, 1.54) is 0 Å². The van der Waals surface area contributed by atoms with Crippen molar-refractivity contribution in [3.05, 3.63) is 109 Å². The minimum Gasteiger partial charge on any atom is -0.493 e. The summed E-state index contributed by atoms with van der Waals surface area (Å²) in [6.45, 7) is 7.88. The molecule has 0 amide bonds. The summed E-state index contributed by atoms with van der Waals surface area (Å²) in [5.41, 5.74) is 2.60. The summed E-state index contributed by atoms with van der Waals surface area (Å²) in [4.78, 5) is 23.5. The van der Waals surface area contributed by atoms with Crippen molar-refractivity contribution >= 4 is 11.9 Å². The SMILES string of the molecule is C=C=C(O)OCCCOc1ccc(OCOc2ccc(OC(=O)c3ccc(OCCCOC(=O)C=C)cc3)cc2)cc1. The van der Waals surface area contributed by atoms with Gasteiger partial charge in [-0.15, -0.1) is 0 Å². The lowest BCUT2D eigenvalue weighted by Crippen LogP contribution is -2.09. The third-order valence-electron chi connectivity index (χ3n) is 5.32. The molecule has 0 saturated heterocycles. The summed E-state index contributed by atoms with van der Waals surface area (Å²) in [6, 6.07) is 20.2. The summed E-state index contributed by atoms with van der Waals surface area (Å²) in [7, 11) is 0. The van der Waals surface area contributed by atoms with E-state index >= 15 is 0 Å². The lowest BCUT2D eigenvalue weighted by molar-refractivity contribution is -0.137. The van der Waals surface area contributed by atoms with Gasteiger partial charge in [-0.2, -0.15) is 0 Å². The highest BCUT2D eigenvalue weighted by Gasteiger charge is 2.09. The Morgan fingerprint density at radius 1 is 0.667 bits per heavy atom. The first-order chi connectivity index (χ1) is 20.5. The molecule has 0 unspecified atom stereocenters. The van der Waals surface area contributed by atoms with E-state index in [0.29, 0.717) is 67.0 Å². The maximum Gasteiger partial charge on any atom is 0.343 e. The van der Waals surface area contributed by atoms with Crippen molar-refractivity contribution in [2.75, 3.05) is 33.2 Å². The van der Waals surface area contributed by atoms with Crippen LogP contribution in [0.2, 0.25) is 0 Å². The third-order valence-corrected chi connectivity index (χ3v) is 5.32. The predicted molar refractivity (Wildman–Crippen MR) is 153 cm³/mol. The molecular weight excluding hydrogens is 544 g/mol. The number of esters is 2. The highest BCUT2D eigenvalue weighted by molar-refractivity contribution is 5.91. The molecule has 0 radical (unpaired) electrons. The van der Waals surface area contributed by atoms with Crippen LogP contribution in [0.5, 0.6) is 28.7 Å². The average molecular weight is 577 g/mol. The Morgan fingerprint density at radius 2 is 1.12 bits per heavy atom. The second-order valence-electron chi connectivity index (χ2n) is 8.37. The molecule has 10 nitrogen and oxygen atoms in total. The van der Waals surface area contributed by atoms with Gasteiger partial charge in [0.15, 0.2) is 0 Å². The second kappa shape index (κ2) is 17.4. The number of aliphatic hydroxyl groups excluding tert-OH is 1. The first-order valence-electron chi connectivity index (χ1n) is 13.0. The molecule has 0 aliphatic rings. The Bertz CT molecular complexity index is 1330. The highest BCUT2D eigenvalue weighted by Crippen LogP contribution is 2.21. The van der Waals surface area contributed by atoms with E-state index in [0.717, 1.165) is 6.08 Å². The molecule has 0 saturated carbocycles. The van der Waals surface area contributed by atoms with Crippen molar-refractivity contribution in [3.8, 4) is 28.7 Å². The number of rotatable bonds is 18. The molecule has 3 aromatic rings. The number of hydrogen-bond acceptors (Lipinski definition) is 10. The zero-order chi connectivity index (χ0) is 30.0. The van der Waals surface area contributed by atoms with Crippen LogP contribution in [0.1, 0.15) is 23.2 Å². The lowest BCUT2D eigenvalue weighted by atomic mass is 10.2. The van der Waals surface area contributed by atoms with Gasteiger partial charge >= 0.3 is 17.9 Å². The van der Waals surface area contributed by atoms with Gasteiger partial charge in [-0.05, 0) is 85.1 Å². The first kappa shape index (κ1) is 31.2. The zero-order valence-electron chi connectivity index (χ0n) is 23.0. The zero-order valence-corrected chi connectivity index (χ0v) is 23.0. The van der Waals surface area contributed by atoms with E-state index < -0.39 is 11.9 Å². The van der Waals surface area contributed by atoms with Crippen LogP contribution in [0.15, 0.2) is 104 Å². The highest BCUT2D eigenvalue weighted by atomic mass is 16.7. The van der Waals surface area contributed by atoms with E-state index in [4.69, 9.17) is 38.3 Å². The Morgan fingerprint density at radius 3 is 1.62 bits per heavy atom. The number of hydrogen-bond donors (Lipinski definition) is 1. The van der Waals surface area contributed by atoms with Gasteiger partial charge in [0.1, 0.15) is 28.7 Å². The fourth-order valence-electron chi connectivity index (χ4n) is 3.20. The van der Waals surface area contributed by atoms with Crippen LogP contribution < -0.4 is 23.7 Å². The Balaban J connectivity index is 1.33. The van der Waals surface area contributed by atoms with Gasteiger partial charge < -0.3 is 38.3 Å². The monoisotopic (exact) mass is 576 g/mol. The van der Waals surface area contributed by atoms with Crippen molar-refractivity contribution in [3.63, 3.8) is 0 Å². The van der Waals surface area contributed by atoms with Gasteiger partial charge in [0.25, 0.3) is 0 Å². The van der Waals surface area contributed by atoms with Crippen molar-refractivity contribution < 1.29 is 47.9 Å². The molecule has 3 aromatic carbocycles. The summed E-state index contributed by atoms with van der Waals surface area (Å²) in [6.07, 6.45) is 2.22. The molecule has 10 heteroatoms. The normalized spacial score (nSPS) is 10.0. The van der Waals surface area contributed by atoms with Crippen molar-refractivity contribution in [1.29, 1.82) is 0 Å². The molecule has 42 heavy (non-hydrogen) atoms. The van der Waals surface area contributed by atoms with Crippen LogP contribution in [0, 0.1) is 0 Å². The van der Waals surface area contributed by atoms with Crippen molar-refractivity contribution in [2.45, 2.75) is 12.8 Å². The maximum atomic E-state index is 12.5. The van der Waals surface area contributed by atoms with Crippen molar-refractivity contribution in [2.24, 2.45) is 0 Å². The molecular formula is C32H32O10. The summed E-state index contributed by atoms with van der Waals surface area (Å²) >= 11 is 0. The minimum atomic E-state index is -0.514. The number of aliphatic hydroxyl groups is 1. The smallest absolute Gasteiger partial charge is 0.343 e. The molecule has 0 atom stereocenters. The fraction of sp³-hybridized carbons (Fsp3) is 0.219. The van der Waals surface area contributed by atoms with Crippen LogP contribution in [0.4, 0.5) is 0 Å². The van der Waals surface area contributed by atoms with Crippen LogP contribution in [-0.4, -0.2) is 50.3 Å². The minimum absolute atomic E-state index is 0.0224. The molecule has 220 valence electrons. The van der Waals surface area contributed by atoms with E-state index in [1.54, 1.807) is 72.8 Å². The van der Waals surface area contributed by atoms with Gasteiger partial charge in [0.05, 0.1) is 32.0 Å². The van der Waals surface area contributed by atoms with Gasteiger partial charge in [0, 0.05) is 18.9 Å². The topological polar surface area (TPSA) is 119 Å². The van der Waals surface area contributed by atoms with Gasteiger partial charge in [-0.1, -0.05) is 6.58 Å². The Labute approximate surface area is 243 Å². The Hall–Kier alpha value is -5.34. The molecule has 1 N–H and O–H groups in total. The molecule has 0 spiro atoms. The summed E-state index contributed by atoms with van der Waals surface area (Å²) < 4.78 is 37.6. The molecule has 0 aliphatic heterocycles. The average Bonchev–Trinajstić information content (AvgIpc) is 3.02. The van der Waals surface area contributed by atoms with Gasteiger partial charge in [-0.3, -0.25) is 0 Å². The van der Waals surface area contributed by atoms with Crippen molar-refractivity contribution in [1.82, 2.24) is 0 Å². The predicted octanol–water partition coefficient (Wildman–Crippen LogP) is 5.79. The van der Waals surface area contributed by atoms with Gasteiger partial charge in [0.2, 0.25) is 6.79 Å². The number of carbonyl (C=O) groups is 2. The largest absolute Gasteiger partial charge is 0.493 e. The van der Waals surface area contributed by atoms with E-state index in [2.05, 4.69) is 18.9 Å². The first-order valence-corrected chi connectivity index (χ1v) is 13.0. The number of ether oxygens (including phenoxy) is 7. The molecule has 0 aliphatic carbocycles. The van der Waals surface area contributed by atoms with Crippen LogP contribution >= 0.6 is 0 Å². The maximum absolute atomic E-state index is 12.5.